The van der Waals surface area contributed by atoms with Gasteiger partial charge >= 0.3 is 5.97 Å². The zero-order valence-corrected chi connectivity index (χ0v) is 13.1. The minimum atomic E-state index is -0.911. The molecule has 5 nitrogen and oxygen atoms in total. The minimum Gasteiger partial charge on any atom is -0.478 e. The van der Waals surface area contributed by atoms with Crippen LogP contribution in [0.5, 0.6) is 0 Å². The van der Waals surface area contributed by atoms with Gasteiger partial charge < -0.3 is 14.7 Å². The summed E-state index contributed by atoms with van der Waals surface area (Å²) in [4.78, 5) is 18.1. The number of aromatic nitrogens is 1. The summed E-state index contributed by atoms with van der Waals surface area (Å²) in [5.74, 6) is -0.323. The van der Waals surface area contributed by atoms with E-state index in [1.165, 1.54) is 0 Å². The van der Waals surface area contributed by atoms with Crippen molar-refractivity contribution in [1.82, 2.24) is 4.98 Å². The third kappa shape index (κ3) is 3.73. The molecule has 0 bridgehead atoms. The average Bonchev–Trinajstić information content (AvgIpc) is 2.44. The molecule has 1 fully saturated rings. The van der Waals surface area contributed by atoms with Crippen LogP contribution in [0.4, 0.5) is 5.82 Å². The summed E-state index contributed by atoms with van der Waals surface area (Å²) in [7, 11) is 0. The number of piperidine rings is 1. The molecule has 0 aromatic carbocycles. The first kappa shape index (κ1) is 15.8. The predicted molar refractivity (Wildman–Crippen MR) is 82.1 cm³/mol. The monoisotopic (exact) mass is 292 g/mol. The smallest absolute Gasteiger partial charge is 0.339 e. The van der Waals surface area contributed by atoms with Crippen molar-refractivity contribution >= 4 is 11.8 Å². The van der Waals surface area contributed by atoms with E-state index >= 15 is 0 Å². The van der Waals surface area contributed by atoms with Gasteiger partial charge in [-0.3, -0.25) is 0 Å². The van der Waals surface area contributed by atoms with Gasteiger partial charge in [-0.15, -0.1) is 0 Å². The molecule has 2 rings (SSSR count). The third-order valence-electron chi connectivity index (χ3n) is 3.77. The van der Waals surface area contributed by atoms with E-state index < -0.39 is 5.97 Å². The van der Waals surface area contributed by atoms with Crippen molar-refractivity contribution in [3.63, 3.8) is 0 Å². The Bertz CT molecular complexity index is 516. The van der Waals surface area contributed by atoms with Gasteiger partial charge in [-0.1, -0.05) is 6.92 Å². The fourth-order valence-corrected chi connectivity index (χ4v) is 2.86. The molecule has 0 aliphatic carbocycles. The first-order valence-corrected chi connectivity index (χ1v) is 7.61. The minimum absolute atomic E-state index is 0.169. The van der Waals surface area contributed by atoms with Crippen LogP contribution in [0.15, 0.2) is 6.07 Å². The number of aromatic carboxylic acids is 1. The summed E-state index contributed by atoms with van der Waals surface area (Å²) in [6.07, 6.45) is 3.20. The molecule has 1 saturated heterocycles. The fourth-order valence-electron chi connectivity index (χ4n) is 2.86. The van der Waals surface area contributed by atoms with Crippen LogP contribution in [-0.4, -0.2) is 41.9 Å². The molecular formula is C16H24N2O3. The zero-order chi connectivity index (χ0) is 15.4. The van der Waals surface area contributed by atoms with E-state index in [1.807, 2.05) is 19.9 Å². The lowest BCUT2D eigenvalue weighted by atomic mass is 10.0. The first-order chi connectivity index (χ1) is 10.0. The highest BCUT2D eigenvalue weighted by Gasteiger charge is 2.26. The molecule has 21 heavy (non-hydrogen) atoms. The number of aryl methyl sites for hydroxylation is 2. The molecule has 2 heterocycles. The van der Waals surface area contributed by atoms with Crippen LogP contribution in [-0.2, 0) is 4.74 Å². The quantitative estimate of drug-likeness (QED) is 0.904. The lowest BCUT2D eigenvalue weighted by molar-refractivity contribution is 0.0437. The fraction of sp³-hybridized carbons (Fsp3) is 0.625. The standard InChI is InChI=1S/C16H24N2O3/c1-4-8-21-13-6-5-7-18(10-13)15-14(16(19)20)11(2)9-12(3)17-15/h9,13H,4-8,10H2,1-3H3,(H,19,20). The van der Waals surface area contributed by atoms with E-state index in [1.54, 1.807) is 0 Å². The predicted octanol–water partition coefficient (Wildman–Crippen LogP) is 2.79. The van der Waals surface area contributed by atoms with E-state index in [0.717, 1.165) is 50.2 Å². The Morgan fingerprint density at radius 2 is 2.29 bits per heavy atom. The second-order valence-corrected chi connectivity index (χ2v) is 5.67. The van der Waals surface area contributed by atoms with Gasteiger partial charge in [-0.2, -0.15) is 0 Å². The molecule has 1 aromatic heterocycles. The van der Waals surface area contributed by atoms with Gasteiger partial charge in [0, 0.05) is 25.4 Å². The highest BCUT2D eigenvalue weighted by atomic mass is 16.5. The Morgan fingerprint density at radius 3 is 2.95 bits per heavy atom. The number of carboxylic acid groups (broad SMARTS) is 1. The maximum atomic E-state index is 11.6. The van der Waals surface area contributed by atoms with Crippen LogP contribution < -0.4 is 4.90 Å². The number of ether oxygens (including phenoxy) is 1. The molecule has 1 atom stereocenters. The van der Waals surface area contributed by atoms with Gasteiger partial charge in [0.05, 0.1) is 6.10 Å². The molecule has 0 spiro atoms. The summed E-state index contributed by atoms with van der Waals surface area (Å²) in [5, 5.41) is 9.48. The Morgan fingerprint density at radius 1 is 1.52 bits per heavy atom. The molecule has 1 aliphatic rings. The summed E-state index contributed by atoms with van der Waals surface area (Å²) >= 11 is 0. The van der Waals surface area contributed by atoms with Gasteiger partial charge in [0.15, 0.2) is 0 Å². The Kier molecular flexibility index (Phi) is 5.17. The van der Waals surface area contributed by atoms with Gasteiger partial charge in [0.1, 0.15) is 11.4 Å². The molecule has 1 N–H and O–H groups in total. The molecule has 0 amide bonds. The Labute approximate surface area is 125 Å². The zero-order valence-electron chi connectivity index (χ0n) is 13.1. The molecular weight excluding hydrogens is 268 g/mol. The van der Waals surface area contributed by atoms with E-state index in [0.29, 0.717) is 11.4 Å². The molecule has 1 aromatic rings. The summed E-state index contributed by atoms with van der Waals surface area (Å²) < 4.78 is 5.83. The lowest BCUT2D eigenvalue weighted by Gasteiger charge is -2.34. The highest BCUT2D eigenvalue weighted by Crippen LogP contribution is 2.26. The molecule has 1 aliphatic heterocycles. The second-order valence-electron chi connectivity index (χ2n) is 5.67. The molecule has 116 valence electrons. The van der Waals surface area contributed by atoms with Gasteiger partial charge in [0.2, 0.25) is 0 Å². The highest BCUT2D eigenvalue weighted by molar-refractivity contribution is 5.95. The average molecular weight is 292 g/mol. The lowest BCUT2D eigenvalue weighted by Crippen LogP contribution is -2.41. The topological polar surface area (TPSA) is 62.7 Å². The van der Waals surface area contributed by atoms with Crippen molar-refractivity contribution in [1.29, 1.82) is 0 Å². The normalized spacial score (nSPS) is 18.8. The number of rotatable bonds is 5. The van der Waals surface area contributed by atoms with E-state index in [4.69, 9.17) is 4.74 Å². The van der Waals surface area contributed by atoms with Gasteiger partial charge in [-0.05, 0) is 44.7 Å². The summed E-state index contributed by atoms with van der Waals surface area (Å²) in [6, 6.07) is 1.82. The van der Waals surface area contributed by atoms with E-state index in [2.05, 4.69) is 16.8 Å². The van der Waals surface area contributed by atoms with E-state index in [9.17, 15) is 9.90 Å². The van der Waals surface area contributed by atoms with Crippen LogP contribution in [0.3, 0.4) is 0 Å². The van der Waals surface area contributed by atoms with Gasteiger partial charge in [0.25, 0.3) is 0 Å². The Hall–Kier alpha value is -1.62. The second kappa shape index (κ2) is 6.89. The maximum absolute atomic E-state index is 11.6. The number of anilines is 1. The number of hydrogen-bond donors (Lipinski definition) is 1. The Balaban J connectivity index is 2.26. The molecule has 1 unspecified atom stereocenters. The summed E-state index contributed by atoms with van der Waals surface area (Å²) in [5.41, 5.74) is 1.93. The van der Waals surface area contributed by atoms with Crippen molar-refractivity contribution in [2.75, 3.05) is 24.6 Å². The first-order valence-electron chi connectivity index (χ1n) is 7.61. The molecule has 0 radical (unpaired) electrons. The number of nitrogens with zero attached hydrogens (tertiary/aromatic N) is 2. The van der Waals surface area contributed by atoms with Crippen LogP contribution in [0.25, 0.3) is 0 Å². The van der Waals surface area contributed by atoms with Crippen molar-refractivity contribution in [3.05, 3.63) is 22.9 Å². The summed E-state index contributed by atoms with van der Waals surface area (Å²) in [6.45, 7) is 8.13. The van der Waals surface area contributed by atoms with Crippen LogP contribution in [0, 0.1) is 13.8 Å². The van der Waals surface area contributed by atoms with Crippen LogP contribution in [0.2, 0.25) is 0 Å². The number of hydrogen-bond acceptors (Lipinski definition) is 4. The SMILES string of the molecule is CCCOC1CCCN(c2nc(C)cc(C)c2C(=O)O)C1. The van der Waals surface area contributed by atoms with Crippen molar-refractivity contribution < 1.29 is 14.6 Å². The number of pyridine rings is 1. The maximum Gasteiger partial charge on any atom is 0.339 e. The number of carbonyl (C=O) groups is 1. The molecule has 5 heteroatoms. The largest absolute Gasteiger partial charge is 0.478 e. The molecule has 0 saturated carbocycles. The van der Waals surface area contributed by atoms with Crippen molar-refractivity contribution in [2.24, 2.45) is 0 Å². The van der Waals surface area contributed by atoms with Crippen LogP contribution in [0.1, 0.15) is 47.8 Å². The van der Waals surface area contributed by atoms with Crippen LogP contribution >= 0.6 is 0 Å². The van der Waals surface area contributed by atoms with Crippen molar-refractivity contribution in [3.8, 4) is 0 Å². The van der Waals surface area contributed by atoms with Crippen molar-refractivity contribution in [2.45, 2.75) is 46.1 Å². The van der Waals surface area contributed by atoms with E-state index in [-0.39, 0.29) is 6.10 Å². The third-order valence-corrected chi connectivity index (χ3v) is 3.77. The van der Waals surface area contributed by atoms with Gasteiger partial charge in [-0.25, -0.2) is 9.78 Å². The number of carboxylic acids is 1.